The quantitative estimate of drug-likeness (QED) is 0.784. The standard InChI is InChI=1S/C19H16N2O6/c1-26-15-10-14(22)16(27-2)9-11(15)8-13-17(19(24)25)20-21(18(13)23)12-6-4-3-5-7-12/h3-10,22H,1-2H3,(H,24,25). The van der Waals surface area contributed by atoms with Gasteiger partial charge in [0.1, 0.15) is 5.75 Å². The zero-order valence-corrected chi connectivity index (χ0v) is 14.5. The van der Waals surface area contributed by atoms with E-state index in [2.05, 4.69) is 5.10 Å². The number of anilines is 1. The highest BCUT2D eigenvalue weighted by Gasteiger charge is 2.35. The van der Waals surface area contributed by atoms with Crippen LogP contribution in [0.25, 0.3) is 6.08 Å². The Bertz CT molecular complexity index is 966. The number of aliphatic carboxylic acids is 1. The van der Waals surface area contributed by atoms with Gasteiger partial charge in [0.2, 0.25) is 0 Å². The number of benzene rings is 2. The maximum Gasteiger partial charge on any atom is 0.357 e. The number of hydrogen-bond acceptors (Lipinski definition) is 6. The number of carbonyl (C=O) groups is 2. The van der Waals surface area contributed by atoms with Crippen LogP contribution in [0.5, 0.6) is 17.2 Å². The number of para-hydroxylation sites is 1. The molecule has 0 radical (unpaired) electrons. The molecule has 3 rings (SSSR count). The third-order valence-electron chi connectivity index (χ3n) is 3.91. The van der Waals surface area contributed by atoms with Gasteiger partial charge in [-0.3, -0.25) is 4.79 Å². The van der Waals surface area contributed by atoms with Crippen molar-refractivity contribution in [3.05, 3.63) is 53.6 Å². The fourth-order valence-electron chi connectivity index (χ4n) is 2.62. The Labute approximate surface area is 154 Å². The number of carboxylic acid groups (broad SMARTS) is 1. The number of rotatable bonds is 5. The third-order valence-corrected chi connectivity index (χ3v) is 3.91. The van der Waals surface area contributed by atoms with Crippen molar-refractivity contribution in [3.63, 3.8) is 0 Å². The Hall–Kier alpha value is -3.81. The summed E-state index contributed by atoms with van der Waals surface area (Å²) in [6.45, 7) is 0. The number of carboxylic acids is 1. The summed E-state index contributed by atoms with van der Waals surface area (Å²) in [5.41, 5.74) is 0.301. The van der Waals surface area contributed by atoms with E-state index in [0.717, 1.165) is 5.01 Å². The lowest BCUT2D eigenvalue weighted by Crippen LogP contribution is -2.22. The second-order valence-corrected chi connectivity index (χ2v) is 5.53. The van der Waals surface area contributed by atoms with Gasteiger partial charge < -0.3 is 19.7 Å². The van der Waals surface area contributed by atoms with E-state index in [1.807, 2.05) is 0 Å². The average molecular weight is 368 g/mol. The van der Waals surface area contributed by atoms with Crippen molar-refractivity contribution >= 4 is 29.4 Å². The molecular formula is C19H16N2O6. The van der Waals surface area contributed by atoms with Crippen molar-refractivity contribution in [1.82, 2.24) is 0 Å². The SMILES string of the molecule is COc1cc(C=C2C(=O)N(c3ccccc3)N=C2C(=O)O)c(OC)cc1O. The first kappa shape index (κ1) is 18.0. The second kappa shape index (κ2) is 7.20. The summed E-state index contributed by atoms with van der Waals surface area (Å²) in [5.74, 6) is -1.67. The van der Waals surface area contributed by atoms with E-state index in [-0.39, 0.29) is 22.8 Å². The number of phenolic OH excluding ortho intramolecular Hbond substituents is 1. The van der Waals surface area contributed by atoms with Crippen LogP contribution in [0.1, 0.15) is 5.56 Å². The minimum absolute atomic E-state index is 0.114. The number of amides is 1. The summed E-state index contributed by atoms with van der Waals surface area (Å²) in [7, 11) is 2.77. The Morgan fingerprint density at radius 3 is 2.37 bits per heavy atom. The zero-order valence-electron chi connectivity index (χ0n) is 14.5. The van der Waals surface area contributed by atoms with Crippen molar-refractivity contribution in [2.24, 2.45) is 5.10 Å². The first-order valence-electron chi connectivity index (χ1n) is 7.84. The lowest BCUT2D eigenvalue weighted by molar-refractivity contribution is -0.129. The van der Waals surface area contributed by atoms with Crippen molar-refractivity contribution in [3.8, 4) is 17.2 Å². The highest BCUT2D eigenvalue weighted by molar-refractivity contribution is 6.53. The van der Waals surface area contributed by atoms with Gasteiger partial charge in [0, 0.05) is 11.6 Å². The minimum atomic E-state index is -1.34. The summed E-state index contributed by atoms with van der Waals surface area (Å²) < 4.78 is 10.3. The van der Waals surface area contributed by atoms with Gasteiger partial charge in [-0.2, -0.15) is 10.1 Å². The highest BCUT2D eigenvalue weighted by atomic mass is 16.5. The van der Waals surface area contributed by atoms with Crippen LogP contribution in [0.4, 0.5) is 5.69 Å². The molecule has 2 aromatic rings. The van der Waals surface area contributed by atoms with Gasteiger partial charge in [-0.05, 0) is 24.3 Å². The number of nitrogens with zero attached hydrogens (tertiary/aromatic N) is 2. The van der Waals surface area contributed by atoms with E-state index < -0.39 is 17.6 Å². The van der Waals surface area contributed by atoms with Crippen LogP contribution < -0.4 is 14.5 Å². The van der Waals surface area contributed by atoms with E-state index in [9.17, 15) is 19.8 Å². The molecule has 0 fully saturated rings. The van der Waals surface area contributed by atoms with Crippen molar-refractivity contribution in [1.29, 1.82) is 0 Å². The molecule has 1 amide bonds. The molecule has 0 unspecified atom stereocenters. The molecule has 138 valence electrons. The predicted octanol–water partition coefficient (Wildman–Crippen LogP) is 2.28. The van der Waals surface area contributed by atoms with Gasteiger partial charge in [-0.1, -0.05) is 18.2 Å². The largest absolute Gasteiger partial charge is 0.504 e. The summed E-state index contributed by atoms with van der Waals surface area (Å²) >= 11 is 0. The summed E-state index contributed by atoms with van der Waals surface area (Å²) in [5, 5.41) is 24.3. The molecule has 0 aromatic heterocycles. The molecule has 2 aromatic carbocycles. The van der Waals surface area contributed by atoms with Gasteiger partial charge in [0.25, 0.3) is 5.91 Å². The number of ether oxygens (including phenoxy) is 2. The molecule has 0 saturated carbocycles. The Kier molecular flexibility index (Phi) is 4.80. The van der Waals surface area contributed by atoms with E-state index in [1.165, 1.54) is 32.4 Å². The maximum atomic E-state index is 12.8. The van der Waals surface area contributed by atoms with Crippen LogP contribution in [0.15, 0.2) is 53.1 Å². The molecule has 1 heterocycles. The van der Waals surface area contributed by atoms with E-state index in [0.29, 0.717) is 11.3 Å². The van der Waals surface area contributed by atoms with Crippen molar-refractivity contribution in [2.45, 2.75) is 0 Å². The fraction of sp³-hybridized carbons (Fsp3) is 0.105. The van der Waals surface area contributed by atoms with Gasteiger partial charge in [0.05, 0.1) is 25.5 Å². The number of hydrazone groups is 1. The van der Waals surface area contributed by atoms with E-state index in [1.54, 1.807) is 30.3 Å². The Morgan fingerprint density at radius 1 is 1.11 bits per heavy atom. The molecule has 2 N–H and O–H groups in total. The van der Waals surface area contributed by atoms with Gasteiger partial charge in [-0.15, -0.1) is 0 Å². The molecule has 8 heteroatoms. The van der Waals surface area contributed by atoms with Crippen molar-refractivity contribution < 1.29 is 29.3 Å². The molecule has 0 saturated heterocycles. The molecule has 0 atom stereocenters. The fourth-order valence-corrected chi connectivity index (χ4v) is 2.62. The zero-order chi connectivity index (χ0) is 19.6. The Balaban J connectivity index is 2.12. The number of hydrogen-bond donors (Lipinski definition) is 2. The topological polar surface area (TPSA) is 109 Å². The normalized spacial score (nSPS) is 15.0. The number of phenols is 1. The summed E-state index contributed by atoms with van der Waals surface area (Å²) in [6, 6.07) is 11.3. The van der Waals surface area contributed by atoms with Crippen LogP contribution in [0, 0.1) is 0 Å². The van der Waals surface area contributed by atoms with E-state index >= 15 is 0 Å². The van der Waals surface area contributed by atoms with Crippen LogP contribution in [0.3, 0.4) is 0 Å². The molecular weight excluding hydrogens is 352 g/mol. The van der Waals surface area contributed by atoms with Crippen LogP contribution in [-0.4, -0.2) is 42.0 Å². The molecule has 0 spiro atoms. The molecule has 0 bridgehead atoms. The minimum Gasteiger partial charge on any atom is -0.504 e. The number of aromatic hydroxyl groups is 1. The van der Waals surface area contributed by atoms with Gasteiger partial charge in [0.15, 0.2) is 17.2 Å². The Morgan fingerprint density at radius 2 is 1.78 bits per heavy atom. The third kappa shape index (κ3) is 3.32. The second-order valence-electron chi connectivity index (χ2n) is 5.53. The van der Waals surface area contributed by atoms with Crippen LogP contribution in [0.2, 0.25) is 0 Å². The molecule has 0 aliphatic carbocycles. The molecule has 1 aliphatic heterocycles. The number of methoxy groups -OCH3 is 2. The maximum absolute atomic E-state index is 12.8. The smallest absolute Gasteiger partial charge is 0.357 e. The van der Waals surface area contributed by atoms with Crippen LogP contribution >= 0.6 is 0 Å². The molecule has 8 nitrogen and oxygen atoms in total. The highest BCUT2D eigenvalue weighted by Crippen LogP contribution is 2.36. The van der Waals surface area contributed by atoms with Crippen molar-refractivity contribution in [2.75, 3.05) is 19.2 Å². The first-order valence-corrected chi connectivity index (χ1v) is 7.84. The lowest BCUT2D eigenvalue weighted by atomic mass is 10.0. The molecule has 27 heavy (non-hydrogen) atoms. The van der Waals surface area contributed by atoms with E-state index in [4.69, 9.17) is 9.47 Å². The predicted molar refractivity (Wildman–Crippen MR) is 98.2 cm³/mol. The summed E-state index contributed by atoms with van der Waals surface area (Å²) in [4.78, 5) is 24.4. The first-order chi connectivity index (χ1) is 13.0. The van der Waals surface area contributed by atoms with Crippen LogP contribution in [-0.2, 0) is 9.59 Å². The summed E-state index contributed by atoms with van der Waals surface area (Å²) in [6.07, 6.45) is 1.35. The monoisotopic (exact) mass is 368 g/mol. The van der Waals surface area contributed by atoms with Gasteiger partial charge in [-0.25, -0.2) is 4.79 Å². The average Bonchev–Trinajstić information content (AvgIpc) is 3.00. The number of carbonyl (C=O) groups excluding carboxylic acids is 1. The molecule has 1 aliphatic rings. The van der Waals surface area contributed by atoms with Gasteiger partial charge >= 0.3 is 5.97 Å². The lowest BCUT2D eigenvalue weighted by Gasteiger charge is -2.12.